The topological polar surface area (TPSA) is 26.3 Å². The first kappa shape index (κ1) is 12.0. The Labute approximate surface area is 109 Å². The summed E-state index contributed by atoms with van der Waals surface area (Å²) < 4.78 is 5.13. The summed E-state index contributed by atoms with van der Waals surface area (Å²) in [5.41, 5.74) is 2.58. The minimum atomic E-state index is -0.271. The highest BCUT2D eigenvalue weighted by Crippen LogP contribution is 2.53. The van der Waals surface area contributed by atoms with E-state index >= 15 is 0 Å². The summed E-state index contributed by atoms with van der Waals surface area (Å²) in [6, 6.07) is 0. The maximum absolute atomic E-state index is 12.3. The van der Waals surface area contributed by atoms with Gasteiger partial charge in [0.05, 0.1) is 12.5 Å². The lowest BCUT2D eigenvalue weighted by atomic mass is 9.60. The van der Waals surface area contributed by atoms with Crippen LogP contribution in [0.2, 0.25) is 0 Å². The van der Waals surface area contributed by atoms with Crippen molar-refractivity contribution in [3.05, 3.63) is 23.3 Å². The molecule has 0 saturated heterocycles. The van der Waals surface area contributed by atoms with Crippen molar-refractivity contribution >= 4 is 5.97 Å². The highest BCUT2D eigenvalue weighted by Gasteiger charge is 2.48. The van der Waals surface area contributed by atoms with Crippen molar-refractivity contribution in [2.45, 2.75) is 51.4 Å². The maximum atomic E-state index is 12.3. The van der Waals surface area contributed by atoms with Crippen molar-refractivity contribution in [1.82, 2.24) is 0 Å². The van der Waals surface area contributed by atoms with Gasteiger partial charge in [-0.05, 0) is 56.4 Å². The summed E-state index contributed by atoms with van der Waals surface area (Å²) in [5, 5.41) is 0. The minimum Gasteiger partial charge on any atom is -0.468 e. The number of allylic oxidation sites excluding steroid dienone is 3. The molecule has 0 amide bonds. The van der Waals surface area contributed by atoms with Crippen LogP contribution in [-0.2, 0) is 9.53 Å². The number of rotatable bonds is 1. The molecule has 1 fully saturated rings. The maximum Gasteiger partial charge on any atom is 0.315 e. The van der Waals surface area contributed by atoms with E-state index in [-0.39, 0.29) is 11.4 Å². The molecule has 3 aliphatic rings. The molecule has 0 heterocycles. The van der Waals surface area contributed by atoms with Gasteiger partial charge < -0.3 is 4.74 Å². The number of methoxy groups -OCH3 is 1. The fraction of sp³-hybridized carbons (Fsp3) is 0.688. The minimum absolute atomic E-state index is 0.0121. The van der Waals surface area contributed by atoms with Gasteiger partial charge in [-0.15, -0.1) is 0 Å². The van der Waals surface area contributed by atoms with Crippen LogP contribution >= 0.6 is 0 Å². The second kappa shape index (κ2) is 4.56. The molecular weight excluding hydrogens is 224 g/mol. The van der Waals surface area contributed by atoms with Gasteiger partial charge in [0.2, 0.25) is 0 Å². The molecule has 0 aromatic heterocycles. The van der Waals surface area contributed by atoms with E-state index < -0.39 is 0 Å². The van der Waals surface area contributed by atoms with Gasteiger partial charge in [0.25, 0.3) is 0 Å². The predicted molar refractivity (Wildman–Crippen MR) is 71.0 cm³/mol. The standard InChI is InChI=1S/C16H22O2/c1-18-15(17)16-9-5-4-8-14(16)10-12-6-2-3-7-13(12)11-16/h6,10,13H,2-5,7-9,11H2,1H3. The molecule has 0 spiro atoms. The van der Waals surface area contributed by atoms with Crippen molar-refractivity contribution in [3.8, 4) is 0 Å². The first-order valence-corrected chi connectivity index (χ1v) is 7.26. The van der Waals surface area contributed by atoms with Gasteiger partial charge in [-0.3, -0.25) is 4.79 Å². The Hall–Kier alpha value is -1.05. The van der Waals surface area contributed by atoms with E-state index in [1.54, 1.807) is 0 Å². The third-order valence-electron chi connectivity index (χ3n) is 5.03. The number of hydrogen-bond donors (Lipinski definition) is 0. The van der Waals surface area contributed by atoms with Crippen molar-refractivity contribution < 1.29 is 9.53 Å². The zero-order chi connectivity index (χ0) is 12.6. The van der Waals surface area contributed by atoms with E-state index in [4.69, 9.17) is 4.74 Å². The van der Waals surface area contributed by atoms with E-state index in [9.17, 15) is 4.79 Å². The van der Waals surface area contributed by atoms with Gasteiger partial charge in [0.1, 0.15) is 0 Å². The molecule has 1 saturated carbocycles. The molecule has 2 atom stereocenters. The molecule has 18 heavy (non-hydrogen) atoms. The summed E-state index contributed by atoms with van der Waals surface area (Å²) in [4.78, 5) is 12.3. The number of ether oxygens (including phenoxy) is 1. The summed E-state index contributed by atoms with van der Waals surface area (Å²) >= 11 is 0. The fourth-order valence-electron chi connectivity index (χ4n) is 4.08. The number of carbonyl (C=O) groups is 1. The molecule has 0 aliphatic heterocycles. The number of carbonyl (C=O) groups excluding carboxylic acids is 1. The van der Waals surface area contributed by atoms with E-state index in [1.807, 2.05) is 0 Å². The Morgan fingerprint density at radius 3 is 3.11 bits per heavy atom. The lowest BCUT2D eigenvalue weighted by Crippen LogP contribution is -2.41. The average molecular weight is 246 g/mol. The molecule has 0 radical (unpaired) electrons. The van der Waals surface area contributed by atoms with Gasteiger partial charge in [-0.25, -0.2) is 0 Å². The Kier molecular flexibility index (Phi) is 3.04. The quantitative estimate of drug-likeness (QED) is 0.658. The Morgan fingerprint density at radius 1 is 1.39 bits per heavy atom. The summed E-state index contributed by atoms with van der Waals surface area (Å²) in [7, 11) is 1.54. The van der Waals surface area contributed by atoms with Gasteiger partial charge >= 0.3 is 5.97 Å². The van der Waals surface area contributed by atoms with Crippen LogP contribution in [0.4, 0.5) is 0 Å². The average Bonchev–Trinajstić information content (AvgIpc) is 2.43. The highest BCUT2D eigenvalue weighted by molar-refractivity contribution is 5.81. The van der Waals surface area contributed by atoms with Crippen LogP contribution in [0.1, 0.15) is 51.4 Å². The molecule has 0 bridgehead atoms. The molecular formula is C16H22O2. The second-order valence-electron chi connectivity index (χ2n) is 5.99. The molecule has 2 nitrogen and oxygen atoms in total. The van der Waals surface area contributed by atoms with Gasteiger partial charge in [-0.1, -0.05) is 24.1 Å². The van der Waals surface area contributed by atoms with Crippen LogP contribution in [0.15, 0.2) is 23.3 Å². The lowest BCUT2D eigenvalue weighted by Gasteiger charge is -2.44. The van der Waals surface area contributed by atoms with Crippen LogP contribution in [0.3, 0.4) is 0 Å². The Bertz CT molecular complexity index is 419. The zero-order valence-corrected chi connectivity index (χ0v) is 11.2. The third kappa shape index (κ3) is 1.73. The smallest absolute Gasteiger partial charge is 0.315 e. The molecule has 0 N–H and O–H groups in total. The van der Waals surface area contributed by atoms with Crippen LogP contribution in [0.5, 0.6) is 0 Å². The predicted octanol–water partition coefficient (Wildman–Crippen LogP) is 3.78. The van der Waals surface area contributed by atoms with Crippen molar-refractivity contribution in [2.75, 3.05) is 7.11 Å². The Morgan fingerprint density at radius 2 is 2.28 bits per heavy atom. The van der Waals surface area contributed by atoms with Gasteiger partial charge in [-0.2, -0.15) is 0 Å². The van der Waals surface area contributed by atoms with E-state index in [0.717, 1.165) is 25.7 Å². The number of esters is 1. The largest absolute Gasteiger partial charge is 0.468 e. The first-order chi connectivity index (χ1) is 8.76. The van der Waals surface area contributed by atoms with Crippen LogP contribution in [0, 0.1) is 11.3 Å². The van der Waals surface area contributed by atoms with Crippen molar-refractivity contribution in [3.63, 3.8) is 0 Å². The highest BCUT2D eigenvalue weighted by atomic mass is 16.5. The molecule has 3 rings (SSSR count). The fourth-order valence-corrected chi connectivity index (χ4v) is 4.08. The normalized spacial score (nSPS) is 34.8. The van der Waals surface area contributed by atoms with E-state index in [1.165, 1.54) is 43.9 Å². The van der Waals surface area contributed by atoms with Crippen LogP contribution in [0.25, 0.3) is 0 Å². The summed E-state index contributed by atoms with van der Waals surface area (Å²) in [6.45, 7) is 0. The molecule has 0 aromatic carbocycles. The molecule has 2 unspecified atom stereocenters. The summed E-state index contributed by atoms with van der Waals surface area (Å²) in [5.74, 6) is 0.609. The number of hydrogen-bond acceptors (Lipinski definition) is 2. The number of fused-ring (bicyclic) bond motifs is 2. The SMILES string of the molecule is COC(=O)C12CCCCC1=CC1=CCCCC1C2. The van der Waals surface area contributed by atoms with Gasteiger partial charge in [0.15, 0.2) is 0 Å². The first-order valence-electron chi connectivity index (χ1n) is 7.26. The molecule has 2 heteroatoms. The van der Waals surface area contributed by atoms with Crippen molar-refractivity contribution in [1.29, 1.82) is 0 Å². The summed E-state index contributed by atoms with van der Waals surface area (Å²) in [6.07, 6.45) is 13.9. The van der Waals surface area contributed by atoms with Crippen molar-refractivity contribution in [2.24, 2.45) is 11.3 Å². The third-order valence-corrected chi connectivity index (χ3v) is 5.03. The van der Waals surface area contributed by atoms with Gasteiger partial charge in [0, 0.05) is 0 Å². The van der Waals surface area contributed by atoms with Crippen LogP contribution in [-0.4, -0.2) is 13.1 Å². The molecule has 3 aliphatic carbocycles. The lowest BCUT2D eigenvalue weighted by molar-refractivity contribution is -0.152. The molecule has 98 valence electrons. The Balaban J connectivity index is 2.02. The zero-order valence-electron chi connectivity index (χ0n) is 11.2. The molecule has 0 aromatic rings. The van der Waals surface area contributed by atoms with E-state index in [2.05, 4.69) is 12.2 Å². The second-order valence-corrected chi connectivity index (χ2v) is 5.99. The van der Waals surface area contributed by atoms with Crippen LogP contribution < -0.4 is 0 Å². The van der Waals surface area contributed by atoms with E-state index in [0.29, 0.717) is 5.92 Å². The monoisotopic (exact) mass is 246 g/mol.